The smallest absolute Gasteiger partial charge is 0.336 e. The fraction of sp³-hybridized carbons (Fsp3) is 0.0588. The number of phenolic OH excluding ortho intramolecular Hbond substituents is 1. The van der Waals surface area contributed by atoms with Crippen LogP contribution in [0.3, 0.4) is 0 Å². The van der Waals surface area contributed by atoms with E-state index in [-0.39, 0.29) is 11.3 Å². The number of benzene rings is 2. The number of nitrogens with one attached hydrogen (secondary N) is 1. The van der Waals surface area contributed by atoms with Crippen molar-refractivity contribution in [2.75, 3.05) is 5.32 Å². The van der Waals surface area contributed by atoms with Gasteiger partial charge in [0.25, 0.3) is 0 Å². The maximum atomic E-state index is 11.4. The average molecular weight is 294 g/mol. The van der Waals surface area contributed by atoms with Gasteiger partial charge in [0.15, 0.2) is 0 Å². The Balaban J connectivity index is 2.16. The summed E-state index contributed by atoms with van der Waals surface area (Å²) in [4.78, 5) is 15.7. The number of aromatic hydroxyl groups is 1. The molecule has 0 atom stereocenters. The number of hydrogen-bond acceptors (Lipinski definition) is 4. The lowest BCUT2D eigenvalue weighted by atomic mass is 10.1. The average Bonchev–Trinajstić information content (AvgIpc) is 2.49. The number of aromatic carboxylic acids is 1. The molecule has 0 bridgehead atoms. The molecular weight excluding hydrogens is 280 g/mol. The summed E-state index contributed by atoms with van der Waals surface area (Å²) in [7, 11) is 0. The highest BCUT2D eigenvalue weighted by atomic mass is 16.4. The second-order valence-electron chi connectivity index (χ2n) is 4.99. The molecule has 3 rings (SSSR count). The van der Waals surface area contributed by atoms with Crippen LogP contribution in [0.25, 0.3) is 10.8 Å². The van der Waals surface area contributed by atoms with Gasteiger partial charge in [0.05, 0.1) is 5.56 Å². The molecule has 5 heteroatoms. The molecule has 0 saturated carbocycles. The predicted molar refractivity (Wildman–Crippen MR) is 84.8 cm³/mol. The Hall–Kier alpha value is -3.08. The Morgan fingerprint density at radius 2 is 2.00 bits per heavy atom. The predicted octanol–water partition coefficient (Wildman–Crippen LogP) is 3.69. The van der Waals surface area contributed by atoms with Crippen LogP contribution in [0.4, 0.5) is 11.5 Å². The standard InChI is InChI=1S/C17H14N2O3/c1-10-9-12(20)5-6-14(10)19-16-15-11(7-8-18-16)3-2-4-13(15)17(21)22/h2-9,20H,1H3,(H,18,19)(H,21,22). The van der Waals surface area contributed by atoms with Gasteiger partial charge < -0.3 is 15.5 Å². The summed E-state index contributed by atoms with van der Waals surface area (Å²) in [5, 5.41) is 23.4. The summed E-state index contributed by atoms with van der Waals surface area (Å²) in [6.07, 6.45) is 1.63. The van der Waals surface area contributed by atoms with Crippen molar-refractivity contribution < 1.29 is 15.0 Å². The number of aromatic nitrogens is 1. The third kappa shape index (κ3) is 2.44. The van der Waals surface area contributed by atoms with E-state index < -0.39 is 5.97 Å². The topological polar surface area (TPSA) is 82.5 Å². The van der Waals surface area contributed by atoms with Crippen molar-refractivity contribution in [1.82, 2.24) is 4.98 Å². The van der Waals surface area contributed by atoms with E-state index in [0.29, 0.717) is 11.2 Å². The minimum atomic E-state index is -0.996. The molecule has 3 N–H and O–H groups in total. The van der Waals surface area contributed by atoms with Gasteiger partial charge in [0.2, 0.25) is 0 Å². The van der Waals surface area contributed by atoms with E-state index in [9.17, 15) is 15.0 Å². The van der Waals surface area contributed by atoms with Gasteiger partial charge in [-0.1, -0.05) is 12.1 Å². The van der Waals surface area contributed by atoms with Crippen molar-refractivity contribution in [3.63, 3.8) is 0 Å². The third-order valence-electron chi connectivity index (χ3n) is 3.48. The molecule has 5 nitrogen and oxygen atoms in total. The molecule has 0 fully saturated rings. The van der Waals surface area contributed by atoms with Crippen LogP contribution in [0.15, 0.2) is 48.7 Å². The van der Waals surface area contributed by atoms with Crippen LogP contribution in [0.5, 0.6) is 5.75 Å². The Morgan fingerprint density at radius 3 is 2.73 bits per heavy atom. The van der Waals surface area contributed by atoms with Gasteiger partial charge in [-0.25, -0.2) is 9.78 Å². The molecule has 0 saturated heterocycles. The number of rotatable bonds is 3. The Morgan fingerprint density at radius 1 is 1.18 bits per heavy atom. The Kier molecular flexibility index (Phi) is 3.39. The number of phenols is 1. The van der Waals surface area contributed by atoms with Crippen molar-refractivity contribution in [1.29, 1.82) is 0 Å². The lowest BCUT2D eigenvalue weighted by molar-refractivity contribution is 0.0699. The van der Waals surface area contributed by atoms with Crippen molar-refractivity contribution in [2.45, 2.75) is 6.92 Å². The Bertz CT molecular complexity index is 870. The number of carbonyl (C=O) groups is 1. The number of aryl methyl sites for hydroxylation is 1. The fourth-order valence-electron chi connectivity index (χ4n) is 2.42. The largest absolute Gasteiger partial charge is 0.508 e. The molecule has 1 aromatic heterocycles. The van der Waals surface area contributed by atoms with Crippen molar-refractivity contribution in [2.24, 2.45) is 0 Å². The molecule has 0 spiro atoms. The minimum absolute atomic E-state index is 0.181. The van der Waals surface area contributed by atoms with E-state index >= 15 is 0 Å². The van der Waals surface area contributed by atoms with Crippen LogP contribution >= 0.6 is 0 Å². The minimum Gasteiger partial charge on any atom is -0.508 e. The fourth-order valence-corrected chi connectivity index (χ4v) is 2.42. The molecule has 0 aliphatic carbocycles. The van der Waals surface area contributed by atoms with E-state index in [1.165, 1.54) is 0 Å². The first-order chi connectivity index (χ1) is 10.6. The number of carboxylic acid groups (broad SMARTS) is 1. The van der Waals surface area contributed by atoms with Crippen molar-refractivity contribution in [3.8, 4) is 5.75 Å². The van der Waals surface area contributed by atoms with Crippen LogP contribution in [-0.4, -0.2) is 21.2 Å². The van der Waals surface area contributed by atoms with Gasteiger partial charge in [-0.3, -0.25) is 0 Å². The SMILES string of the molecule is Cc1cc(O)ccc1Nc1nccc2cccc(C(=O)O)c12. The molecule has 0 aliphatic heterocycles. The molecule has 1 heterocycles. The maximum Gasteiger partial charge on any atom is 0.336 e. The summed E-state index contributed by atoms with van der Waals surface area (Å²) in [6.45, 7) is 1.85. The maximum absolute atomic E-state index is 11.4. The molecular formula is C17H14N2O3. The van der Waals surface area contributed by atoms with Crippen LogP contribution in [0.1, 0.15) is 15.9 Å². The van der Waals surface area contributed by atoms with Crippen LogP contribution < -0.4 is 5.32 Å². The normalized spacial score (nSPS) is 10.6. The van der Waals surface area contributed by atoms with E-state index in [2.05, 4.69) is 10.3 Å². The molecule has 3 aromatic rings. The molecule has 0 aliphatic rings. The van der Waals surface area contributed by atoms with Gasteiger partial charge in [0, 0.05) is 17.3 Å². The van der Waals surface area contributed by atoms with Gasteiger partial charge in [-0.15, -0.1) is 0 Å². The second-order valence-corrected chi connectivity index (χ2v) is 4.99. The Labute approximate surface area is 126 Å². The van der Waals surface area contributed by atoms with Gasteiger partial charge in [-0.05, 0) is 48.2 Å². The van der Waals surface area contributed by atoms with Gasteiger partial charge in [0.1, 0.15) is 11.6 Å². The van der Waals surface area contributed by atoms with Crippen molar-refractivity contribution >= 4 is 28.2 Å². The van der Waals surface area contributed by atoms with Gasteiger partial charge in [-0.2, -0.15) is 0 Å². The summed E-state index contributed by atoms with van der Waals surface area (Å²) < 4.78 is 0. The number of nitrogens with zero attached hydrogens (tertiary/aromatic N) is 1. The summed E-state index contributed by atoms with van der Waals surface area (Å²) >= 11 is 0. The first kappa shape index (κ1) is 13.9. The number of hydrogen-bond donors (Lipinski definition) is 3. The third-order valence-corrected chi connectivity index (χ3v) is 3.48. The molecule has 110 valence electrons. The summed E-state index contributed by atoms with van der Waals surface area (Å²) in [6, 6.07) is 11.8. The molecule has 2 aromatic carbocycles. The van der Waals surface area contributed by atoms with Crippen LogP contribution in [0.2, 0.25) is 0 Å². The van der Waals surface area contributed by atoms with Crippen LogP contribution in [0, 0.1) is 6.92 Å². The zero-order valence-electron chi connectivity index (χ0n) is 11.9. The monoisotopic (exact) mass is 294 g/mol. The molecule has 0 amide bonds. The van der Waals surface area contributed by atoms with E-state index in [0.717, 1.165) is 16.6 Å². The first-order valence-electron chi connectivity index (χ1n) is 6.74. The lowest BCUT2D eigenvalue weighted by Gasteiger charge is -2.12. The number of fused-ring (bicyclic) bond motifs is 1. The highest BCUT2D eigenvalue weighted by molar-refractivity contribution is 6.08. The highest BCUT2D eigenvalue weighted by Gasteiger charge is 2.13. The molecule has 0 radical (unpaired) electrons. The highest BCUT2D eigenvalue weighted by Crippen LogP contribution is 2.29. The summed E-state index contributed by atoms with van der Waals surface area (Å²) in [5.74, 6) is -0.339. The molecule has 0 unspecified atom stereocenters. The summed E-state index contributed by atoms with van der Waals surface area (Å²) in [5.41, 5.74) is 1.80. The zero-order valence-corrected chi connectivity index (χ0v) is 11.9. The lowest BCUT2D eigenvalue weighted by Crippen LogP contribution is -2.02. The van der Waals surface area contributed by atoms with E-state index in [4.69, 9.17) is 0 Å². The number of carboxylic acids is 1. The quantitative estimate of drug-likeness (QED) is 0.642. The number of anilines is 2. The first-order valence-corrected chi connectivity index (χ1v) is 6.74. The zero-order chi connectivity index (χ0) is 15.7. The number of pyridine rings is 1. The van der Waals surface area contributed by atoms with Gasteiger partial charge >= 0.3 is 5.97 Å². The van der Waals surface area contributed by atoms with Crippen molar-refractivity contribution in [3.05, 3.63) is 59.8 Å². The van der Waals surface area contributed by atoms with E-state index in [1.807, 2.05) is 13.0 Å². The van der Waals surface area contributed by atoms with Crippen LogP contribution in [-0.2, 0) is 0 Å². The second kappa shape index (κ2) is 5.37. The molecule has 22 heavy (non-hydrogen) atoms. The van der Waals surface area contributed by atoms with E-state index in [1.54, 1.807) is 42.6 Å².